The number of carbonyl (C=O) groups excluding carboxylic acids is 1. The predicted molar refractivity (Wildman–Crippen MR) is 88.0 cm³/mol. The summed E-state index contributed by atoms with van der Waals surface area (Å²) < 4.78 is 6.46. The molecular weight excluding hydrogens is 364 g/mol. The Morgan fingerprint density at radius 3 is 2.74 bits per heavy atom. The molecule has 0 unspecified atom stereocenters. The van der Waals surface area contributed by atoms with Gasteiger partial charge in [-0.1, -0.05) is 15.9 Å². The number of hydrogen-bond donors (Lipinski definition) is 0. The van der Waals surface area contributed by atoms with Crippen molar-refractivity contribution in [2.24, 2.45) is 0 Å². The second kappa shape index (κ2) is 6.13. The Bertz CT molecular complexity index is 927. The molecule has 3 aromatic rings. The van der Waals surface area contributed by atoms with Gasteiger partial charge in [0.1, 0.15) is 11.5 Å². The van der Waals surface area contributed by atoms with E-state index in [-0.39, 0.29) is 5.69 Å². The van der Waals surface area contributed by atoms with Gasteiger partial charge >= 0.3 is 0 Å². The van der Waals surface area contributed by atoms with Gasteiger partial charge in [-0.05, 0) is 30.3 Å². The van der Waals surface area contributed by atoms with Crippen molar-refractivity contribution in [3.8, 4) is 11.5 Å². The van der Waals surface area contributed by atoms with E-state index in [4.69, 9.17) is 4.74 Å². The Hall–Kier alpha value is -2.80. The van der Waals surface area contributed by atoms with E-state index in [2.05, 4.69) is 20.9 Å². The van der Waals surface area contributed by atoms with E-state index >= 15 is 0 Å². The normalized spacial score (nSPS) is 10.5. The van der Waals surface area contributed by atoms with Crippen LogP contribution >= 0.6 is 15.9 Å². The molecule has 7 heteroatoms. The third-order valence-electron chi connectivity index (χ3n) is 3.27. The lowest BCUT2D eigenvalue weighted by atomic mass is 10.1. The van der Waals surface area contributed by atoms with Gasteiger partial charge in [0.15, 0.2) is 6.29 Å². The fourth-order valence-electron chi connectivity index (χ4n) is 2.20. The Balaban J connectivity index is 2.09. The second-order valence-corrected chi connectivity index (χ2v) is 5.52. The van der Waals surface area contributed by atoms with Gasteiger partial charge in [0.2, 0.25) is 0 Å². The lowest BCUT2D eigenvalue weighted by Crippen LogP contribution is -1.93. The van der Waals surface area contributed by atoms with Crippen LogP contribution in [-0.2, 0) is 0 Å². The summed E-state index contributed by atoms with van der Waals surface area (Å²) in [5, 5.41) is 12.1. The Kier molecular flexibility index (Phi) is 4.03. The molecule has 3 rings (SSSR count). The third kappa shape index (κ3) is 2.91. The largest absolute Gasteiger partial charge is 0.457 e. The highest BCUT2D eigenvalue weighted by Gasteiger charge is 2.15. The lowest BCUT2D eigenvalue weighted by Gasteiger charge is -2.10. The molecule has 0 atom stereocenters. The molecule has 0 radical (unpaired) electrons. The van der Waals surface area contributed by atoms with Crippen LogP contribution in [0, 0.1) is 10.1 Å². The molecule has 0 N–H and O–H groups in total. The van der Waals surface area contributed by atoms with Crippen LogP contribution in [0.2, 0.25) is 0 Å². The summed E-state index contributed by atoms with van der Waals surface area (Å²) in [7, 11) is 0. The molecule has 0 aliphatic rings. The van der Waals surface area contributed by atoms with Crippen molar-refractivity contribution in [1.29, 1.82) is 0 Å². The number of nitrogens with zero attached hydrogens (tertiary/aromatic N) is 2. The topological polar surface area (TPSA) is 82.3 Å². The van der Waals surface area contributed by atoms with Crippen LogP contribution in [0.4, 0.5) is 5.69 Å². The van der Waals surface area contributed by atoms with E-state index in [0.29, 0.717) is 32.3 Å². The Labute approximate surface area is 139 Å². The van der Waals surface area contributed by atoms with Crippen LogP contribution < -0.4 is 4.74 Å². The molecule has 0 saturated carbocycles. The van der Waals surface area contributed by atoms with Crippen molar-refractivity contribution >= 4 is 38.7 Å². The molecular formula is C16H9BrN2O4. The summed E-state index contributed by atoms with van der Waals surface area (Å²) in [6.07, 6.45) is 3.69. The molecule has 23 heavy (non-hydrogen) atoms. The number of hydrogen-bond acceptors (Lipinski definition) is 5. The summed E-state index contributed by atoms with van der Waals surface area (Å²) in [4.78, 5) is 25.6. The number of pyridine rings is 1. The van der Waals surface area contributed by atoms with Crippen LogP contribution in [0.25, 0.3) is 10.8 Å². The van der Waals surface area contributed by atoms with Crippen molar-refractivity contribution in [2.45, 2.75) is 0 Å². The second-order valence-electron chi connectivity index (χ2n) is 4.66. The number of aldehydes is 1. The maximum Gasteiger partial charge on any atom is 0.279 e. The summed E-state index contributed by atoms with van der Waals surface area (Å²) in [5.74, 6) is 0.912. The number of nitro groups is 1. The molecule has 1 heterocycles. The van der Waals surface area contributed by atoms with Crippen LogP contribution in [0.5, 0.6) is 11.5 Å². The average molecular weight is 373 g/mol. The van der Waals surface area contributed by atoms with Crippen molar-refractivity contribution in [1.82, 2.24) is 4.98 Å². The fourth-order valence-corrected chi connectivity index (χ4v) is 2.54. The maximum atomic E-state index is 11.1. The van der Waals surface area contributed by atoms with Gasteiger partial charge in [-0.3, -0.25) is 19.9 Å². The van der Waals surface area contributed by atoms with Gasteiger partial charge in [-0.2, -0.15) is 0 Å². The van der Waals surface area contributed by atoms with E-state index in [1.165, 1.54) is 24.5 Å². The minimum Gasteiger partial charge on any atom is -0.457 e. The average Bonchev–Trinajstić information content (AvgIpc) is 2.56. The Morgan fingerprint density at radius 1 is 1.17 bits per heavy atom. The van der Waals surface area contributed by atoms with Crippen LogP contribution in [-0.4, -0.2) is 16.2 Å². The molecule has 0 aliphatic heterocycles. The first-order chi connectivity index (χ1) is 11.1. The molecule has 1 aromatic heterocycles. The monoisotopic (exact) mass is 372 g/mol. The molecule has 0 fully saturated rings. The summed E-state index contributed by atoms with van der Waals surface area (Å²) in [5.41, 5.74) is 0.417. The van der Waals surface area contributed by atoms with E-state index in [9.17, 15) is 14.9 Å². The molecule has 2 aromatic carbocycles. The SMILES string of the molecule is O=Cc1cc(Oc2ccc([N+](=O)[O-])c3cnccc23)ccc1Br. The van der Waals surface area contributed by atoms with Crippen LogP contribution in [0.3, 0.4) is 0 Å². The van der Waals surface area contributed by atoms with Crippen LogP contribution in [0.1, 0.15) is 10.4 Å². The van der Waals surface area contributed by atoms with Gasteiger partial charge in [0, 0.05) is 33.9 Å². The number of fused-ring (bicyclic) bond motifs is 1. The molecule has 0 amide bonds. The van der Waals surface area contributed by atoms with E-state index in [1.54, 1.807) is 24.3 Å². The molecule has 114 valence electrons. The minimum atomic E-state index is -0.460. The van der Waals surface area contributed by atoms with E-state index in [1.807, 2.05) is 0 Å². The number of aromatic nitrogens is 1. The number of rotatable bonds is 4. The quantitative estimate of drug-likeness (QED) is 0.382. The zero-order chi connectivity index (χ0) is 16.4. The highest BCUT2D eigenvalue weighted by atomic mass is 79.9. The van der Waals surface area contributed by atoms with Gasteiger partial charge in [-0.15, -0.1) is 0 Å². The highest BCUT2D eigenvalue weighted by Crippen LogP contribution is 2.35. The van der Waals surface area contributed by atoms with E-state index in [0.717, 1.165) is 6.29 Å². The number of carbonyl (C=O) groups is 1. The number of benzene rings is 2. The standard InChI is InChI=1S/C16H9BrN2O4/c17-14-2-1-11(7-10(14)9-20)23-16-4-3-15(19(21)22)13-8-18-6-5-12(13)16/h1-9H. The Morgan fingerprint density at radius 2 is 2.00 bits per heavy atom. The van der Waals surface area contributed by atoms with Crippen molar-refractivity contribution < 1.29 is 14.5 Å². The summed E-state index contributed by atoms with van der Waals surface area (Å²) in [6.45, 7) is 0. The fraction of sp³-hybridized carbons (Fsp3) is 0. The first-order valence-electron chi connectivity index (χ1n) is 6.54. The lowest BCUT2D eigenvalue weighted by molar-refractivity contribution is -0.383. The van der Waals surface area contributed by atoms with Crippen LogP contribution in [0.15, 0.2) is 53.3 Å². The first-order valence-corrected chi connectivity index (χ1v) is 7.33. The zero-order valence-corrected chi connectivity index (χ0v) is 13.2. The molecule has 0 aliphatic carbocycles. The first kappa shape index (κ1) is 15.1. The third-order valence-corrected chi connectivity index (χ3v) is 4.00. The molecule has 6 nitrogen and oxygen atoms in total. The number of halogens is 1. The summed E-state index contributed by atoms with van der Waals surface area (Å²) >= 11 is 3.27. The minimum absolute atomic E-state index is 0.0372. The maximum absolute atomic E-state index is 11.1. The van der Waals surface area contributed by atoms with Crippen molar-refractivity contribution in [2.75, 3.05) is 0 Å². The zero-order valence-electron chi connectivity index (χ0n) is 11.6. The number of nitro benzene ring substituents is 1. The van der Waals surface area contributed by atoms with Gasteiger partial charge < -0.3 is 4.74 Å². The predicted octanol–water partition coefficient (Wildman–Crippen LogP) is 4.51. The molecule has 0 spiro atoms. The molecule has 0 bridgehead atoms. The van der Waals surface area contributed by atoms with Crippen molar-refractivity contribution in [3.05, 3.63) is 68.9 Å². The number of ether oxygens (including phenoxy) is 1. The van der Waals surface area contributed by atoms with Gasteiger partial charge in [0.05, 0.1) is 10.3 Å². The highest BCUT2D eigenvalue weighted by molar-refractivity contribution is 9.10. The summed E-state index contributed by atoms with van der Waals surface area (Å²) in [6, 6.07) is 9.55. The molecule has 0 saturated heterocycles. The smallest absolute Gasteiger partial charge is 0.279 e. The van der Waals surface area contributed by atoms with Gasteiger partial charge in [-0.25, -0.2) is 0 Å². The van der Waals surface area contributed by atoms with E-state index < -0.39 is 4.92 Å². The van der Waals surface area contributed by atoms with Gasteiger partial charge in [0.25, 0.3) is 5.69 Å². The van der Waals surface area contributed by atoms with Crippen molar-refractivity contribution in [3.63, 3.8) is 0 Å². The number of non-ortho nitro benzene ring substituents is 1.